The van der Waals surface area contributed by atoms with Gasteiger partial charge in [0.05, 0.1) is 0 Å². The average Bonchev–Trinajstić information content (AvgIpc) is 2.01. The molecule has 0 fully saturated rings. The highest BCUT2D eigenvalue weighted by Gasteiger charge is 2.27. The minimum Gasteiger partial charge on any atom is -0.302 e. The van der Waals surface area contributed by atoms with Gasteiger partial charge in [-0.15, -0.1) is 0 Å². The van der Waals surface area contributed by atoms with Crippen molar-refractivity contribution >= 4 is 15.6 Å². The van der Waals surface area contributed by atoms with Crippen LogP contribution in [0.15, 0.2) is 24.8 Å². The second kappa shape index (κ2) is 6.04. The van der Waals surface area contributed by atoms with Crippen molar-refractivity contribution in [2.75, 3.05) is 0 Å². The van der Waals surface area contributed by atoms with Crippen LogP contribution in [0.25, 0.3) is 0 Å². The highest BCUT2D eigenvalue weighted by molar-refractivity contribution is 7.60. The summed E-state index contributed by atoms with van der Waals surface area (Å²) in [6.45, 7) is 0. The molecule has 1 aromatic rings. The molecule has 0 radical (unpaired) electrons. The van der Waals surface area contributed by atoms with Crippen LogP contribution in [-0.4, -0.2) is 29.5 Å². The number of hydrogen-bond donors (Lipinski definition) is 4. The molecule has 0 aromatic carbocycles. The van der Waals surface area contributed by atoms with Crippen LogP contribution < -0.4 is 0 Å². The SMILES string of the molecule is O=P(O)(O)OP(=O)(O)O.c1cncnc1. The number of nitrogens with zero attached hydrogens (tertiary/aromatic N) is 2. The minimum absolute atomic E-state index is 1.50. The van der Waals surface area contributed by atoms with E-state index in [-0.39, 0.29) is 0 Å². The molecule has 0 aliphatic heterocycles. The second-order valence-electron chi connectivity index (χ2n) is 1.97. The molecule has 0 amide bonds. The molecule has 15 heavy (non-hydrogen) atoms. The number of hydrogen-bond acceptors (Lipinski definition) is 5. The van der Waals surface area contributed by atoms with Gasteiger partial charge in [0, 0.05) is 12.4 Å². The zero-order valence-corrected chi connectivity index (χ0v) is 8.90. The highest BCUT2D eigenvalue weighted by Crippen LogP contribution is 2.53. The molecule has 0 bridgehead atoms. The molecule has 0 saturated heterocycles. The van der Waals surface area contributed by atoms with Gasteiger partial charge in [0.25, 0.3) is 0 Å². The maximum atomic E-state index is 9.63. The lowest BCUT2D eigenvalue weighted by Crippen LogP contribution is -1.84. The predicted octanol–water partition coefficient (Wildman–Crippen LogP) is -0.335. The molecule has 0 aliphatic carbocycles. The van der Waals surface area contributed by atoms with Gasteiger partial charge >= 0.3 is 15.6 Å². The van der Waals surface area contributed by atoms with E-state index in [1.807, 2.05) is 0 Å². The maximum absolute atomic E-state index is 9.63. The lowest BCUT2D eigenvalue weighted by molar-refractivity contribution is 0.225. The quantitative estimate of drug-likeness (QED) is 0.522. The summed E-state index contributed by atoms with van der Waals surface area (Å²) in [7, 11) is -10.1. The molecule has 11 heteroatoms. The Morgan fingerprint density at radius 3 is 1.40 bits per heavy atom. The topological polar surface area (TPSA) is 150 Å². The van der Waals surface area contributed by atoms with Crippen LogP contribution in [0.3, 0.4) is 0 Å². The standard InChI is InChI=1S/C4H4N2.H4O7P2/c1-2-5-4-6-3-1;1-8(2,3)7-9(4,5)6/h1-4H;(H2,1,2,3)(H2,4,5,6). The van der Waals surface area contributed by atoms with E-state index in [2.05, 4.69) is 14.3 Å². The van der Waals surface area contributed by atoms with E-state index < -0.39 is 15.6 Å². The molecule has 1 aromatic heterocycles. The zero-order valence-electron chi connectivity index (χ0n) is 7.11. The number of rotatable bonds is 2. The Hall–Kier alpha value is -0.660. The van der Waals surface area contributed by atoms with E-state index in [0.29, 0.717) is 0 Å². The van der Waals surface area contributed by atoms with Gasteiger partial charge in [0.2, 0.25) is 0 Å². The molecular formula is C4H8N2O7P2. The first kappa shape index (κ1) is 14.3. The lowest BCUT2D eigenvalue weighted by Gasteiger charge is -2.03. The summed E-state index contributed by atoms with van der Waals surface area (Å²) in [5.41, 5.74) is 0. The van der Waals surface area contributed by atoms with Gasteiger partial charge in [-0.05, 0) is 6.07 Å². The van der Waals surface area contributed by atoms with Gasteiger partial charge in [-0.25, -0.2) is 19.1 Å². The first-order chi connectivity index (χ1) is 6.71. The fourth-order valence-electron chi connectivity index (χ4n) is 0.392. The Kier molecular flexibility index (Phi) is 5.77. The Morgan fingerprint density at radius 2 is 1.33 bits per heavy atom. The van der Waals surface area contributed by atoms with Gasteiger partial charge in [0.15, 0.2) is 0 Å². The number of aromatic nitrogens is 2. The third-order valence-corrected chi connectivity index (χ3v) is 2.39. The first-order valence-corrected chi connectivity index (χ1v) is 6.29. The minimum atomic E-state index is -5.05. The Bertz CT molecular complexity index is 312. The molecule has 0 atom stereocenters. The average molecular weight is 258 g/mol. The van der Waals surface area contributed by atoms with E-state index in [0.717, 1.165) is 0 Å². The van der Waals surface area contributed by atoms with Crippen molar-refractivity contribution in [3.8, 4) is 0 Å². The molecule has 0 unspecified atom stereocenters. The van der Waals surface area contributed by atoms with Crippen LogP contribution in [0, 0.1) is 0 Å². The van der Waals surface area contributed by atoms with Crippen LogP contribution in [0.5, 0.6) is 0 Å². The third-order valence-electron chi connectivity index (χ3n) is 0.690. The monoisotopic (exact) mass is 258 g/mol. The summed E-state index contributed by atoms with van der Waals surface area (Å²) < 4.78 is 22.2. The van der Waals surface area contributed by atoms with Gasteiger partial charge in [-0.3, -0.25) is 0 Å². The molecule has 0 spiro atoms. The molecule has 1 heterocycles. The summed E-state index contributed by atoms with van der Waals surface area (Å²) in [6.07, 6.45) is 4.88. The zero-order chi connectivity index (χ0) is 11.9. The smallest absolute Gasteiger partial charge is 0.302 e. The molecule has 86 valence electrons. The third kappa shape index (κ3) is 13.3. The molecule has 4 N–H and O–H groups in total. The molecule has 0 aliphatic rings. The van der Waals surface area contributed by atoms with Crippen LogP contribution >= 0.6 is 15.6 Å². The largest absolute Gasteiger partial charge is 0.478 e. The predicted molar refractivity (Wildman–Crippen MR) is 47.2 cm³/mol. The van der Waals surface area contributed by atoms with E-state index >= 15 is 0 Å². The summed E-state index contributed by atoms with van der Waals surface area (Å²) in [6, 6.07) is 1.78. The van der Waals surface area contributed by atoms with Crippen LogP contribution in [0.4, 0.5) is 0 Å². The maximum Gasteiger partial charge on any atom is 0.478 e. The van der Waals surface area contributed by atoms with E-state index in [1.54, 1.807) is 18.5 Å². The number of phosphoric acid groups is 2. The van der Waals surface area contributed by atoms with E-state index in [1.165, 1.54) is 6.33 Å². The van der Waals surface area contributed by atoms with Gasteiger partial charge in [-0.2, -0.15) is 4.31 Å². The van der Waals surface area contributed by atoms with E-state index in [9.17, 15) is 9.13 Å². The van der Waals surface area contributed by atoms with Crippen LogP contribution in [0.1, 0.15) is 0 Å². The van der Waals surface area contributed by atoms with Gasteiger partial charge in [-0.1, -0.05) is 0 Å². The van der Waals surface area contributed by atoms with Crippen molar-refractivity contribution in [1.29, 1.82) is 0 Å². The molecule has 0 saturated carbocycles. The fraction of sp³-hybridized carbons (Fsp3) is 0. The van der Waals surface area contributed by atoms with Crippen molar-refractivity contribution in [2.45, 2.75) is 0 Å². The normalized spacial score (nSPS) is 11.5. The van der Waals surface area contributed by atoms with Gasteiger partial charge < -0.3 is 19.6 Å². The Balaban J connectivity index is 0.000000280. The van der Waals surface area contributed by atoms with Crippen molar-refractivity contribution in [3.05, 3.63) is 24.8 Å². The summed E-state index contributed by atoms with van der Waals surface area (Å²) >= 11 is 0. The van der Waals surface area contributed by atoms with Crippen LogP contribution in [0.2, 0.25) is 0 Å². The van der Waals surface area contributed by atoms with Crippen molar-refractivity contribution in [3.63, 3.8) is 0 Å². The highest BCUT2D eigenvalue weighted by atomic mass is 31.3. The Labute approximate surface area is 84.3 Å². The summed E-state index contributed by atoms with van der Waals surface area (Å²) in [5, 5.41) is 0. The van der Waals surface area contributed by atoms with Crippen molar-refractivity contribution in [1.82, 2.24) is 9.97 Å². The van der Waals surface area contributed by atoms with Crippen molar-refractivity contribution < 1.29 is 33.0 Å². The van der Waals surface area contributed by atoms with Crippen molar-refractivity contribution in [2.24, 2.45) is 0 Å². The molecule has 1 rings (SSSR count). The Morgan fingerprint density at radius 1 is 0.933 bits per heavy atom. The van der Waals surface area contributed by atoms with Gasteiger partial charge in [0.1, 0.15) is 6.33 Å². The van der Waals surface area contributed by atoms with E-state index in [4.69, 9.17) is 19.6 Å². The molecular weight excluding hydrogens is 250 g/mol. The van der Waals surface area contributed by atoms with Crippen LogP contribution in [-0.2, 0) is 13.4 Å². The summed E-state index contributed by atoms with van der Waals surface area (Å²) in [5.74, 6) is 0. The second-order valence-corrected chi connectivity index (χ2v) is 4.58. The molecule has 9 nitrogen and oxygen atoms in total. The fourth-order valence-corrected chi connectivity index (χ4v) is 1.50. The summed E-state index contributed by atoms with van der Waals surface area (Å²) in [4.78, 5) is 38.3. The first-order valence-electron chi connectivity index (χ1n) is 3.23. The lowest BCUT2D eigenvalue weighted by atomic mass is 10.7.